The van der Waals surface area contributed by atoms with Gasteiger partial charge in [0.05, 0.1) is 0 Å². The number of rotatable bonds is 6. The predicted octanol–water partition coefficient (Wildman–Crippen LogP) is 7.85. The molecule has 2 saturated carbocycles. The van der Waals surface area contributed by atoms with Gasteiger partial charge in [-0.25, -0.2) is 0 Å². The maximum Gasteiger partial charge on any atom is 0.177 e. The fourth-order valence-corrected chi connectivity index (χ4v) is 5.28. The Balaban J connectivity index is 2.24. The molecule has 0 nitrogen and oxygen atoms in total. The van der Waals surface area contributed by atoms with E-state index in [0.29, 0.717) is 5.41 Å². The first-order chi connectivity index (χ1) is 11.0. The van der Waals surface area contributed by atoms with Gasteiger partial charge >= 0.3 is 0 Å². The van der Waals surface area contributed by atoms with Gasteiger partial charge in [-0.05, 0) is 11.8 Å². The van der Waals surface area contributed by atoms with Gasteiger partial charge in [-0.15, -0.1) is 0 Å². The van der Waals surface area contributed by atoms with Crippen LogP contribution in [-0.4, -0.2) is 6.71 Å². The molecule has 2 aliphatic rings. The van der Waals surface area contributed by atoms with E-state index in [2.05, 4.69) is 33.8 Å². The average molecular weight is 316 g/mol. The Bertz CT molecular complexity index is 333. The molecule has 0 radical (unpaired) electrons. The van der Waals surface area contributed by atoms with Gasteiger partial charge in [-0.3, -0.25) is 0 Å². The molecular weight excluding hydrogens is 275 g/mol. The summed E-state index contributed by atoms with van der Waals surface area (Å²) in [6.45, 7) is 10.6. The van der Waals surface area contributed by atoms with E-state index in [4.69, 9.17) is 0 Å². The topological polar surface area (TPSA) is 0 Å². The zero-order valence-electron chi connectivity index (χ0n) is 16.5. The lowest BCUT2D eigenvalue weighted by molar-refractivity contribution is 0.450. The zero-order chi connectivity index (χ0) is 16.7. The SMILES string of the molecule is CCCC/C=C(/B(C1CCCCC1)C1CCCCC1)C(C)(C)C. The van der Waals surface area contributed by atoms with Crippen molar-refractivity contribution in [2.75, 3.05) is 0 Å². The van der Waals surface area contributed by atoms with E-state index >= 15 is 0 Å². The van der Waals surface area contributed by atoms with Gasteiger partial charge in [0, 0.05) is 0 Å². The third-order valence-electron chi connectivity index (χ3n) is 6.46. The second-order valence-corrected chi connectivity index (χ2v) is 9.37. The van der Waals surface area contributed by atoms with Crippen LogP contribution in [0.4, 0.5) is 0 Å². The van der Waals surface area contributed by atoms with Crippen LogP contribution in [0.25, 0.3) is 0 Å². The van der Waals surface area contributed by atoms with Gasteiger partial charge in [0.1, 0.15) is 0 Å². The molecule has 2 rings (SSSR count). The number of unbranched alkanes of at least 4 members (excludes halogenated alkanes) is 2. The minimum atomic E-state index is 0.354. The molecule has 0 saturated heterocycles. The summed E-state index contributed by atoms with van der Waals surface area (Å²) < 4.78 is 0. The molecule has 2 aliphatic carbocycles. The van der Waals surface area contributed by atoms with Crippen molar-refractivity contribution >= 4 is 6.71 Å². The summed E-state index contributed by atoms with van der Waals surface area (Å²) in [7, 11) is 0. The normalized spacial score (nSPS) is 22.3. The first kappa shape index (κ1) is 19.1. The van der Waals surface area contributed by atoms with Crippen molar-refractivity contribution < 1.29 is 0 Å². The smallest absolute Gasteiger partial charge is 0.0992 e. The molecule has 0 atom stereocenters. The highest BCUT2D eigenvalue weighted by atomic mass is 14.3. The standard InChI is InChI=1S/C22H41B/c1-5-6-9-18-21(22(2,3)4)23(19-14-10-7-11-15-19)20-16-12-8-13-17-20/h18-20H,5-17H2,1-4H3/b21-18+. The molecule has 2 fully saturated rings. The molecule has 0 heterocycles. The van der Waals surface area contributed by atoms with Crippen LogP contribution in [0, 0.1) is 5.41 Å². The summed E-state index contributed by atoms with van der Waals surface area (Å²) in [6.07, 6.45) is 21.6. The van der Waals surface area contributed by atoms with Crippen molar-refractivity contribution in [3.8, 4) is 0 Å². The lowest BCUT2D eigenvalue weighted by atomic mass is 9.24. The lowest BCUT2D eigenvalue weighted by Crippen LogP contribution is -2.37. The summed E-state index contributed by atoms with van der Waals surface area (Å²) in [5.41, 5.74) is 2.19. The summed E-state index contributed by atoms with van der Waals surface area (Å²) >= 11 is 0. The summed E-state index contributed by atoms with van der Waals surface area (Å²) in [4.78, 5) is 0. The van der Waals surface area contributed by atoms with E-state index < -0.39 is 0 Å². The van der Waals surface area contributed by atoms with Gasteiger partial charge in [-0.1, -0.05) is 128 Å². The van der Waals surface area contributed by atoms with Crippen molar-refractivity contribution in [1.82, 2.24) is 0 Å². The van der Waals surface area contributed by atoms with Gasteiger partial charge in [0.15, 0.2) is 6.71 Å². The van der Waals surface area contributed by atoms with Gasteiger partial charge < -0.3 is 0 Å². The van der Waals surface area contributed by atoms with Crippen molar-refractivity contribution in [3.63, 3.8) is 0 Å². The molecule has 0 bridgehead atoms. The van der Waals surface area contributed by atoms with Crippen LogP contribution in [0.15, 0.2) is 11.5 Å². The third-order valence-corrected chi connectivity index (χ3v) is 6.46. The van der Waals surface area contributed by atoms with Crippen LogP contribution in [-0.2, 0) is 0 Å². The second kappa shape index (κ2) is 9.33. The van der Waals surface area contributed by atoms with Crippen molar-refractivity contribution in [1.29, 1.82) is 0 Å². The lowest BCUT2D eigenvalue weighted by Gasteiger charge is -2.41. The van der Waals surface area contributed by atoms with E-state index in [1.165, 1.54) is 83.5 Å². The fraction of sp³-hybridized carbons (Fsp3) is 0.909. The Morgan fingerprint density at radius 3 is 1.74 bits per heavy atom. The minimum Gasteiger partial charge on any atom is -0.0992 e. The van der Waals surface area contributed by atoms with Crippen molar-refractivity contribution in [2.24, 2.45) is 5.41 Å². The minimum absolute atomic E-state index is 0.354. The van der Waals surface area contributed by atoms with E-state index in [1.807, 2.05) is 5.47 Å². The Labute approximate surface area is 147 Å². The molecule has 23 heavy (non-hydrogen) atoms. The molecule has 0 unspecified atom stereocenters. The molecule has 0 aromatic carbocycles. The molecule has 132 valence electrons. The fourth-order valence-electron chi connectivity index (χ4n) is 5.28. The number of hydrogen-bond acceptors (Lipinski definition) is 0. The maximum atomic E-state index is 2.69. The van der Waals surface area contributed by atoms with E-state index in [0.717, 1.165) is 18.3 Å². The molecule has 1 heteroatoms. The Morgan fingerprint density at radius 1 is 0.870 bits per heavy atom. The Hall–Kier alpha value is -0.195. The Morgan fingerprint density at radius 2 is 1.35 bits per heavy atom. The van der Waals surface area contributed by atoms with E-state index in [-0.39, 0.29) is 0 Å². The zero-order valence-corrected chi connectivity index (χ0v) is 16.5. The van der Waals surface area contributed by atoms with Crippen LogP contribution in [0.1, 0.15) is 111 Å². The van der Waals surface area contributed by atoms with Gasteiger partial charge in [-0.2, -0.15) is 0 Å². The van der Waals surface area contributed by atoms with Gasteiger partial charge in [0.2, 0.25) is 0 Å². The van der Waals surface area contributed by atoms with Gasteiger partial charge in [0.25, 0.3) is 0 Å². The van der Waals surface area contributed by atoms with Crippen LogP contribution in [0.5, 0.6) is 0 Å². The monoisotopic (exact) mass is 316 g/mol. The molecule has 0 aromatic rings. The van der Waals surface area contributed by atoms with Crippen LogP contribution in [0.3, 0.4) is 0 Å². The Kier molecular flexibility index (Phi) is 7.76. The molecule has 0 aromatic heterocycles. The van der Waals surface area contributed by atoms with Crippen molar-refractivity contribution in [3.05, 3.63) is 11.5 Å². The number of allylic oxidation sites excluding steroid dienone is 2. The molecular formula is C22H41B. The predicted molar refractivity (Wildman–Crippen MR) is 106 cm³/mol. The highest BCUT2D eigenvalue weighted by Gasteiger charge is 2.40. The molecule has 0 amide bonds. The summed E-state index contributed by atoms with van der Waals surface area (Å²) in [5.74, 6) is 1.97. The van der Waals surface area contributed by atoms with Crippen LogP contribution < -0.4 is 0 Å². The second-order valence-electron chi connectivity index (χ2n) is 9.37. The van der Waals surface area contributed by atoms with Crippen LogP contribution in [0.2, 0.25) is 11.6 Å². The van der Waals surface area contributed by atoms with E-state index in [9.17, 15) is 0 Å². The summed E-state index contributed by atoms with van der Waals surface area (Å²) in [6, 6.07) is 0. The highest BCUT2D eigenvalue weighted by molar-refractivity contribution is 6.70. The highest BCUT2D eigenvalue weighted by Crippen LogP contribution is 2.47. The number of hydrogen-bond donors (Lipinski definition) is 0. The first-order valence-electron chi connectivity index (χ1n) is 10.7. The van der Waals surface area contributed by atoms with Crippen LogP contribution >= 0.6 is 0 Å². The van der Waals surface area contributed by atoms with Crippen molar-refractivity contribution in [2.45, 2.75) is 123 Å². The summed E-state index contributed by atoms with van der Waals surface area (Å²) in [5, 5.41) is 0. The molecule has 0 spiro atoms. The quantitative estimate of drug-likeness (QED) is 0.345. The molecule has 0 N–H and O–H groups in total. The largest absolute Gasteiger partial charge is 0.177 e. The van der Waals surface area contributed by atoms with E-state index in [1.54, 1.807) is 0 Å². The average Bonchev–Trinajstić information content (AvgIpc) is 2.55. The third kappa shape index (κ3) is 5.68. The molecule has 0 aliphatic heterocycles. The maximum absolute atomic E-state index is 2.69. The first-order valence-corrected chi connectivity index (χ1v) is 10.7.